The summed E-state index contributed by atoms with van der Waals surface area (Å²) in [6, 6.07) is 0. The molecule has 4 saturated carbocycles. The molecule has 0 N–H and O–H groups in total. The zero-order valence-corrected chi connectivity index (χ0v) is 8.20. The van der Waals surface area contributed by atoms with Gasteiger partial charge in [0.1, 0.15) is 0 Å². The average molecular weight is 179 g/mol. The van der Waals surface area contributed by atoms with E-state index in [1.807, 2.05) is 0 Å². The maximum Gasteiger partial charge on any atom is 0.170 e. The van der Waals surface area contributed by atoms with Gasteiger partial charge in [0, 0.05) is 18.9 Å². The van der Waals surface area contributed by atoms with Crippen LogP contribution >= 0.6 is 0 Å². The van der Waals surface area contributed by atoms with E-state index in [9.17, 15) is 0 Å². The second kappa shape index (κ2) is 1.96. The molecule has 0 aromatic heterocycles. The normalized spacial score (nSPS) is 67.6. The van der Waals surface area contributed by atoms with Crippen molar-refractivity contribution >= 4 is 0 Å². The Morgan fingerprint density at radius 1 is 1.00 bits per heavy atom. The smallest absolute Gasteiger partial charge is 0.170 e. The molecule has 4 bridgehead atoms. The maximum atomic E-state index is 5.81. The summed E-state index contributed by atoms with van der Waals surface area (Å²) in [4.78, 5) is 5.81. The largest absolute Gasteiger partial charge is 0.271 e. The molecule has 0 radical (unpaired) electrons. The van der Waals surface area contributed by atoms with Gasteiger partial charge in [-0.05, 0) is 43.9 Å². The molecule has 2 heteroatoms. The third kappa shape index (κ3) is 0.701. The van der Waals surface area contributed by atoms with E-state index in [-0.39, 0.29) is 5.72 Å². The second-order valence-corrected chi connectivity index (χ2v) is 5.65. The van der Waals surface area contributed by atoms with E-state index >= 15 is 0 Å². The first-order valence-electron chi connectivity index (χ1n) is 5.72. The number of hydroxylamine groups is 2. The van der Waals surface area contributed by atoms with E-state index in [1.54, 1.807) is 0 Å². The second-order valence-electron chi connectivity index (χ2n) is 5.65. The van der Waals surface area contributed by atoms with Crippen LogP contribution in [0.1, 0.15) is 32.1 Å². The lowest BCUT2D eigenvalue weighted by Crippen LogP contribution is -2.52. The molecule has 1 aliphatic heterocycles. The Morgan fingerprint density at radius 2 is 1.46 bits per heavy atom. The fourth-order valence-corrected chi connectivity index (χ4v) is 4.72. The van der Waals surface area contributed by atoms with Crippen molar-refractivity contribution in [1.82, 2.24) is 5.06 Å². The molecule has 1 unspecified atom stereocenters. The van der Waals surface area contributed by atoms with Crippen LogP contribution in [0, 0.1) is 23.7 Å². The summed E-state index contributed by atoms with van der Waals surface area (Å²) < 4.78 is 0. The fourth-order valence-electron chi connectivity index (χ4n) is 4.72. The van der Waals surface area contributed by atoms with Gasteiger partial charge >= 0.3 is 0 Å². The fraction of sp³-hybridized carbons (Fsp3) is 1.00. The van der Waals surface area contributed by atoms with Crippen LogP contribution in [0.15, 0.2) is 0 Å². The Hall–Kier alpha value is -0.0800. The van der Waals surface area contributed by atoms with Crippen molar-refractivity contribution in [2.75, 3.05) is 7.05 Å². The summed E-state index contributed by atoms with van der Waals surface area (Å²) in [5.74, 6) is 3.89. The minimum atomic E-state index is 0.243. The summed E-state index contributed by atoms with van der Waals surface area (Å²) in [5.41, 5.74) is 0.243. The third-order valence-corrected chi connectivity index (χ3v) is 5.05. The molecule has 2 nitrogen and oxygen atoms in total. The van der Waals surface area contributed by atoms with Crippen molar-refractivity contribution in [2.24, 2.45) is 23.7 Å². The molecule has 13 heavy (non-hydrogen) atoms. The molecular weight excluding hydrogens is 162 g/mol. The Kier molecular flexibility index (Phi) is 1.09. The van der Waals surface area contributed by atoms with Crippen molar-refractivity contribution in [3.05, 3.63) is 0 Å². The van der Waals surface area contributed by atoms with Crippen molar-refractivity contribution in [3.8, 4) is 0 Å². The summed E-state index contributed by atoms with van der Waals surface area (Å²) in [7, 11) is 2.13. The zero-order chi connectivity index (χ0) is 8.63. The van der Waals surface area contributed by atoms with Crippen molar-refractivity contribution < 1.29 is 4.84 Å². The van der Waals surface area contributed by atoms with Gasteiger partial charge in [0.05, 0.1) is 0 Å². The van der Waals surface area contributed by atoms with Gasteiger partial charge in [0.15, 0.2) is 5.72 Å². The standard InChI is InChI=1S/C11H17NO/c1-12-11(13-12)9-3-7-2-8(5-9)6-10(11)4-7/h7-10H,2-6H2,1H3. The zero-order valence-electron chi connectivity index (χ0n) is 8.20. The van der Waals surface area contributed by atoms with Gasteiger partial charge in [-0.25, -0.2) is 0 Å². The highest BCUT2D eigenvalue weighted by molar-refractivity contribution is 5.09. The summed E-state index contributed by atoms with van der Waals surface area (Å²) >= 11 is 0. The summed E-state index contributed by atoms with van der Waals surface area (Å²) in [5, 5.41) is 2.15. The lowest BCUT2D eigenvalue weighted by molar-refractivity contribution is -0.0576. The molecule has 0 aromatic rings. The van der Waals surface area contributed by atoms with E-state index < -0.39 is 0 Å². The van der Waals surface area contributed by atoms with Crippen LogP contribution in [0.3, 0.4) is 0 Å². The molecule has 5 rings (SSSR count). The predicted octanol–water partition coefficient (Wildman–Crippen LogP) is 2.02. The van der Waals surface area contributed by atoms with E-state index in [0.29, 0.717) is 0 Å². The van der Waals surface area contributed by atoms with Crippen LogP contribution < -0.4 is 0 Å². The third-order valence-electron chi connectivity index (χ3n) is 5.05. The van der Waals surface area contributed by atoms with Crippen molar-refractivity contribution in [3.63, 3.8) is 0 Å². The highest BCUT2D eigenvalue weighted by Crippen LogP contribution is 2.65. The molecule has 72 valence electrons. The maximum absolute atomic E-state index is 5.81. The molecule has 1 spiro atoms. The van der Waals surface area contributed by atoms with Crippen LogP contribution in [0.25, 0.3) is 0 Å². The highest BCUT2D eigenvalue weighted by atomic mass is 16.9. The molecule has 4 aliphatic carbocycles. The van der Waals surface area contributed by atoms with Crippen LogP contribution in [0.4, 0.5) is 0 Å². The van der Waals surface area contributed by atoms with Crippen LogP contribution in [0.5, 0.6) is 0 Å². The van der Waals surface area contributed by atoms with E-state index in [2.05, 4.69) is 12.1 Å². The van der Waals surface area contributed by atoms with E-state index in [1.165, 1.54) is 32.1 Å². The van der Waals surface area contributed by atoms with Crippen LogP contribution in [0.2, 0.25) is 0 Å². The Morgan fingerprint density at radius 3 is 1.85 bits per heavy atom. The Labute approximate surface area is 79.2 Å². The predicted molar refractivity (Wildman–Crippen MR) is 48.6 cm³/mol. The molecule has 0 amide bonds. The van der Waals surface area contributed by atoms with Crippen LogP contribution in [-0.2, 0) is 4.84 Å². The van der Waals surface area contributed by atoms with Gasteiger partial charge in [-0.15, -0.1) is 0 Å². The quantitative estimate of drug-likeness (QED) is 0.529. The van der Waals surface area contributed by atoms with Gasteiger partial charge in [0.25, 0.3) is 0 Å². The van der Waals surface area contributed by atoms with Gasteiger partial charge in [0.2, 0.25) is 0 Å². The minimum Gasteiger partial charge on any atom is -0.271 e. The molecular formula is C11H17NO. The van der Waals surface area contributed by atoms with Gasteiger partial charge in [-0.1, -0.05) is 0 Å². The summed E-state index contributed by atoms with van der Waals surface area (Å²) in [6.07, 6.45) is 7.36. The SMILES string of the molecule is CN1OC12C1CC3CC(C1)CC2C3. The Balaban J connectivity index is 1.75. The van der Waals surface area contributed by atoms with Crippen molar-refractivity contribution in [2.45, 2.75) is 37.8 Å². The minimum absolute atomic E-state index is 0.243. The molecule has 1 atom stereocenters. The number of hydrogen-bond acceptors (Lipinski definition) is 2. The van der Waals surface area contributed by atoms with E-state index in [4.69, 9.17) is 4.84 Å². The molecule has 1 heterocycles. The topological polar surface area (TPSA) is 15.5 Å². The number of hydrogen-bond donors (Lipinski definition) is 0. The van der Waals surface area contributed by atoms with Gasteiger partial charge < -0.3 is 0 Å². The lowest BCUT2D eigenvalue weighted by atomic mass is 9.53. The molecule has 1 saturated heterocycles. The molecule has 0 aromatic carbocycles. The van der Waals surface area contributed by atoms with Crippen LogP contribution in [-0.4, -0.2) is 17.8 Å². The lowest BCUT2D eigenvalue weighted by Gasteiger charge is -2.52. The number of rotatable bonds is 0. The Bertz CT molecular complexity index is 235. The molecule has 5 aliphatic rings. The first-order valence-corrected chi connectivity index (χ1v) is 5.72. The first-order chi connectivity index (χ1) is 6.29. The number of nitrogens with zero attached hydrogens (tertiary/aromatic N) is 1. The van der Waals surface area contributed by atoms with Gasteiger partial charge in [-0.2, -0.15) is 5.06 Å². The average Bonchev–Trinajstić information content (AvgIpc) is 2.74. The first kappa shape index (κ1) is 7.24. The summed E-state index contributed by atoms with van der Waals surface area (Å²) in [6.45, 7) is 0. The van der Waals surface area contributed by atoms with Crippen molar-refractivity contribution in [1.29, 1.82) is 0 Å². The van der Waals surface area contributed by atoms with E-state index in [0.717, 1.165) is 23.7 Å². The molecule has 5 fully saturated rings. The van der Waals surface area contributed by atoms with Gasteiger partial charge in [-0.3, -0.25) is 4.84 Å². The monoisotopic (exact) mass is 179 g/mol. The highest BCUT2D eigenvalue weighted by Gasteiger charge is 2.69.